The summed E-state index contributed by atoms with van der Waals surface area (Å²) in [7, 11) is 0. The van der Waals surface area contributed by atoms with E-state index >= 15 is 0 Å². The second-order valence-corrected chi connectivity index (χ2v) is 5.87. The highest BCUT2D eigenvalue weighted by Gasteiger charge is 2.19. The molecule has 1 amide bonds. The number of amides is 1. The van der Waals surface area contributed by atoms with Crippen molar-refractivity contribution < 1.29 is 9.90 Å². The molecule has 0 aliphatic heterocycles. The molecular formula is C17H21N3O3. The lowest BCUT2D eigenvalue weighted by atomic mass is 10.0. The Balaban J connectivity index is 2.32. The molecule has 6 heteroatoms. The molecule has 122 valence electrons. The van der Waals surface area contributed by atoms with E-state index in [2.05, 4.69) is 15.5 Å². The molecule has 1 heterocycles. The fourth-order valence-electron chi connectivity index (χ4n) is 2.12. The van der Waals surface area contributed by atoms with Gasteiger partial charge in [0.2, 0.25) is 0 Å². The highest BCUT2D eigenvalue weighted by atomic mass is 16.3. The fourth-order valence-corrected chi connectivity index (χ4v) is 2.12. The van der Waals surface area contributed by atoms with Crippen LogP contribution < -0.4 is 10.9 Å². The number of benzene rings is 1. The summed E-state index contributed by atoms with van der Waals surface area (Å²) in [4.78, 5) is 24.2. The van der Waals surface area contributed by atoms with Crippen molar-refractivity contribution in [2.75, 3.05) is 6.61 Å². The van der Waals surface area contributed by atoms with Gasteiger partial charge in [-0.1, -0.05) is 43.7 Å². The number of aromatic amines is 1. The van der Waals surface area contributed by atoms with E-state index in [1.807, 2.05) is 45.0 Å². The van der Waals surface area contributed by atoms with Gasteiger partial charge >= 0.3 is 0 Å². The third-order valence-corrected chi connectivity index (χ3v) is 3.71. The second-order valence-electron chi connectivity index (χ2n) is 5.87. The van der Waals surface area contributed by atoms with Crippen LogP contribution in [0.15, 0.2) is 35.1 Å². The molecule has 0 radical (unpaired) electrons. The molecule has 0 saturated carbocycles. The summed E-state index contributed by atoms with van der Waals surface area (Å²) in [5.74, 6) is -0.462. The van der Waals surface area contributed by atoms with Crippen LogP contribution in [-0.4, -0.2) is 33.9 Å². The minimum atomic E-state index is -0.557. The van der Waals surface area contributed by atoms with E-state index in [-0.39, 0.29) is 18.1 Å². The summed E-state index contributed by atoms with van der Waals surface area (Å²) in [6.45, 7) is 5.56. The van der Waals surface area contributed by atoms with E-state index in [0.717, 1.165) is 11.1 Å². The zero-order valence-corrected chi connectivity index (χ0v) is 13.5. The quantitative estimate of drug-likeness (QED) is 0.779. The van der Waals surface area contributed by atoms with Gasteiger partial charge in [-0.25, -0.2) is 5.10 Å². The maximum absolute atomic E-state index is 12.3. The van der Waals surface area contributed by atoms with Crippen LogP contribution in [0.4, 0.5) is 0 Å². The first-order chi connectivity index (χ1) is 10.9. The standard InChI is InChI=1S/C17H21N3O3/c1-10(2)15(9-21)18-16(22)13-8-14(19-20-17(13)23)12-6-4-11(3)5-7-12/h4-8,10,15,21H,9H2,1-3H3,(H,18,22)(H,20,23). The summed E-state index contributed by atoms with van der Waals surface area (Å²) >= 11 is 0. The first-order valence-corrected chi connectivity index (χ1v) is 7.51. The minimum absolute atomic E-state index is 0.0188. The number of nitrogens with one attached hydrogen (secondary N) is 2. The molecule has 1 aromatic carbocycles. The number of aryl methyl sites for hydroxylation is 1. The molecule has 0 aliphatic carbocycles. The summed E-state index contributed by atoms with van der Waals surface area (Å²) in [5, 5.41) is 18.3. The molecule has 1 unspecified atom stereocenters. The lowest BCUT2D eigenvalue weighted by Crippen LogP contribution is -2.43. The first-order valence-electron chi connectivity index (χ1n) is 7.51. The third-order valence-electron chi connectivity index (χ3n) is 3.71. The van der Waals surface area contributed by atoms with Crippen molar-refractivity contribution >= 4 is 5.91 Å². The van der Waals surface area contributed by atoms with Gasteiger partial charge in [0.05, 0.1) is 18.3 Å². The Bertz CT molecular complexity index is 735. The lowest BCUT2D eigenvalue weighted by molar-refractivity contribution is 0.0895. The van der Waals surface area contributed by atoms with Crippen molar-refractivity contribution in [3.05, 3.63) is 51.8 Å². The van der Waals surface area contributed by atoms with E-state index in [1.54, 1.807) is 0 Å². The van der Waals surface area contributed by atoms with Crippen molar-refractivity contribution in [3.63, 3.8) is 0 Å². The van der Waals surface area contributed by atoms with Gasteiger partial charge in [-0.05, 0) is 18.9 Å². The molecule has 0 spiro atoms. The Morgan fingerprint density at radius 2 is 1.96 bits per heavy atom. The van der Waals surface area contributed by atoms with Crippen LogP contribution in [0, 0.1) is 12.8 Å². The SMILES string of the molecule is Cc1ccc(-c2cc(C(=O)NC(CO)C(C)C)c(=O)[nH]n2)cc1. The smallest absolute Gasteiger partial charge is 0.277 e. The van der Waals surface area contributed by atoms with Crippen LogP contribution in [0.25, 0.3) is 11.3 Å². The highest BCUT2D eigenvalue weighted by Crippen LogP contribution is 2.16. The van der Waals surface area contributed by atoms with E-state index < -0.39 is 17.5 Å². The zero-order valence-electron chi connectivity index (χ0n) is 13.5. The predicted octanol–water partition coefficient (Wildman–Crippen LogP) is 1.49. The summed E-state index contributed by atoms with van der Waals surface area (Å²) < 4.78 is 0. The molecule has 2 rings (SSSR count). The van der Waals surface area contributed by atoms with Gasteiger partial charge in [-0.2, -0.15) is 5.10 Å². The molecule has 2 aromatic rings. The van der Waals surface area contributed by atoms with Crippen LogP contribution in [0.2, 0.25) is 0 Å². The monoisotopic (exact) mass is 315 g/mol. The van der Waals surface area contributed by atoms with E-state index in [4.69, 9.17) is 0 Å². The van der Waals surface area contributed by atoms with E-state index in [9.17, 15) is 14.7 Å². The van der Waals surface area contributed by atoms with Crippen LogP contribution in [0.5, 0.6) is 0 Å². The molecule has 0 bridgehead atoms. The molecule has 3 N–H and O–H groups in total. The van der Waals surface area contributed by atoms with Crippen molar-refractivity contribution in [2.45, 2.75) is 26.8 Å². The lowest BCUT2D eigenvalue weighted by Gasteiger charge is -2.19. The van der Waals surface area contributed by atoms with Gasteiger partial charge in [0.15, 0.2) is 0 Å². The van der Waals surface area contributed by atoms with Gasteiger partial charge in [0.25, 0.3) is 11.5 Å². The molecule has 23 heavy (non-hydrogen) atoms. The number of aliphatic hydroxyl groups excluding tert-OH is 1. The number of hydrogen-bond acceptors (Lipinski definition) is 4. The molecule has 6 nitrogen and oxygen atoms in total. The second kappa shape index (κ2) is 7.19. The number of aromatic nitrogens is 2. The van der Waals surface area contributed by atoms with E-state index in [0.29, 0.717) is 5.69 Å². The Kier molecular flexibility index (Phi) is 5.28. The van der Waals surface area contributed by atoms with Crippen LogP contribution in [0.3, 0.4) is 0 Å². The summed E-state index contributed by atoms with van der Waals surface area (Å²) in [6, 6.07) is 8.68. The zero-order chi connectivity index (χ0) is 17.0. The summed E-state index contributed by atoms with van der Waals surface area (Å²) in [6.07, 6.45) is 0. The van der Waals surface area contributed by atoms with E-state index in [1.165, 1.54) is 6.07 Å². The van der Waals surface area contributed by atoms with Crippen molar-refractivity contribution in [1.29, 1.82) is 0 Å². The van der Waals surface area contributed by atoms with Gasteiger partial charge < -0.3 is 10.4 Å². The average Bonchev–Trinajstić information content (AvgIpc) is 2.53. The number of carbonyl (C=O) groups excluding carboxylic acids is 1. The molecule has 0 fully saturated rings. The van der Waals surface area contributed by atoms with Gasteiger partial charge in [0, 0.05) is 5.56 Å². The van der Waals surface area contributed by atoms with Crippen LogP contribution in [-0.2, 0) is 0 Å². The van der Waals surface area contributed by atoms with Gasteiger partial charge in [0.1, 0.15) is 5.56 Å². The number of hydrogen-bond donors (Lipinski definition) is 3. The molecule has 0 saturated heterocycles. The maximum atomic E-state index is 12.3. The summed E-state index contributed by atoms with van der Waals surface area (Å²) in [5.41, 5.74) is 1.86. The first kappa shape index (κ1) is 16.9. The Morgan fingerprint density at radius 3 is 2.52 bits per heavy atom. The average molecular weight is 315 g/mol. The Hall–Kier alpha value is -2.47. The van der Waals surface area contributed by atoms with Gasteiger partial charge in [-0.15, -0.1) is 0 Å². The number of nitrogens with zero attached hydrogens (tertiary/aromatic N) is 1. The predicted molar refractivity (Wildman–Crippen MR) is 88.2 cm³/mol. The fraction of sp³-hybridized carbons (Fsp3) is 0.353. The largest absolute Gasteiger partial charge is 0.394 e. The van der Waals surface area contributed by atoms with Crippen molar-refractivity contribution in [3.8, 4) is 11.3 Å². The number of H-pyrrole nitrogens is 1. The Morgan fingerprint density at radius 1 is 1.30 bits per heavy atom. The number of aliphatic hydroxyl groups is 1. The molecule has 0 aliphatic rings. The molecule has 1 aromatic heterocycles. The molecular weight excluding hydrogens is 294 g/mol. The van der Waals surface area contributed by atoms with Crippen molar-refractivity contribution in [1.82, 2.24) is 15.5 Å². The maximum Gasteiger partial charge on any atom is 0.277 e. The minimum Gasteiger partial charge on any atom is -0.394 e. The third kappa shape index (κ3) is 4.04. The Labute approximate surface area is 134 Å². The number of rotatable bonds is 5. The normalized spacial score (nSPS) is 12.2. The van der Waals surface area contributed by atoms with Crippen LogP contribution in [0.1, 0.15) is 29.8 Å². The van der Waals surface area contributed by atoms with Crippen LogP contribution >= 0.6 is 0 Å². The number of carbonyl (C=O) groups is 1. The highest BCUT2D eigenvalue weighted by molar-refractivity contribution is 5.94. The molecule has 1 atom stereocenters. The van der Waals surface area contributed by atoms with Gasteiger partial charge in [-0.3, -0.25) is 9.59 Å². The van der Waals surface area contributed by atoms with Crippen molar-refractivity contribution in [2.24, 2.45) is 5.92 Å². The topological polar surface area (TPSA) is 95.1 Å².